The molecule has 0 aliphatic carbocycles. The van der Waals surface area contributed by atoms with Crippen molar-refractivity contribution in [3.63, 3.8) is 0 Å². The van der Waals surface area contributed by atoms with E-state index >= 15 is 0 Å². The summed E-state index contributed by atoms with van der Waals surface area (Å²) in [5.41, 5.74) is 0.268. The van der Waals surface area contributed by atoms with Gasteiger partial charge < -0.3 is 108 Å². The quantitative estimate of drug-likeness (QED) is 0.0482. The molecule has 81 heavy (non-hydrogen) atoms. The van der Waals surface area contributed by atoms with E-state index in [0.29, 0.717) is 25.7 Å². The van der Waals surface area contributed by atoms with Gasteiger partial charge in [-0.2, -0.15) is 0 Å². The topological polar surface area (TPSA) is 353 Å². The molecule has 0 aromatic rings. The smallest absolute Gasteiger partial charge is 0.333 e. The summed E-state index contributed by atoms with van der Waals surface area (Å²) >= 11 is 0. The minimum Gasteiger partial charge on any atom is -0.456 e. The van der Waals surface area contributed by atoms with Gasteiger partial charge in [0, 0.05) is 17.6 Å². The second-order valence-corrected chi connectivity index (χ2v) is 22.3. The first-order valence-electron chi connectivity index (χ1n) is 29.0. The highest BCUT2D eigenvalue weighted by atomic mass is 16.8. The lowest BCUT2D eigenvalue weighted by molar-refractivity contribution is -0.398. The molecule has 6 aliphatic rings. The monoisotopic (exact) mass is 1160 g/mol. The molecule has 0 aromatic carbocycles. The average molecular weight is 1170 g/mol. The standard InChI is InChI=1S/C56H92O25/c1-10-13-19-22-32-23-20-17-15-14-16-18-21-24-34(57)76-45-39(62)33(25-69-53-48(80-52-43(66)40(63)35(58)28(6)70-52)44(38(61)31(9)71-53)77-50(67)26(4)11-2)75-56(79-47-42(65)37(60)29(7)72-54(47)74-32)49(45)81-55-46(78-51(68)27(5)12-3)41(64)36(59)30(8)73-55/h11-12,28-33,35-49,52-56,58-66H,10,13-25H2,1-9H3/b26-11-,27-12+/t28-,29+,30-,31+,32-,33+,35-,36-,37+,38+,39+,40+,41+,42-,43+,44-,45-,46+,47+,48+,49+,52-,53+,54-,55-,56-/m0/s1. The van der Waals surface area contributed by atoms with Crippen LogP contribution in [0.1, 0.15) is 146 Å². The Balaban J connectivity index is 1.44. The van der Waals surface area contributed by atoms with Crippen LogP contribution in [0.5, 0.6) is 0 Å². The lowest BCUT2D eigenvalue weighted by Crippen LogP contribution is -2.67. The molecule has 6 saturated heterocycles. The molecule has 25 nitrogen and oxygen atoms in total. The van der Waals surface area contributed by atoms with Crippen LogP contribution in [0.4, 0.5) is 0 Å². The molecular weight excluding hydrogens is 1070 g/mol. The molecule has 6 rings (SSSR count). The third-order valence-electron chi connectivity index (χ3n) is 16.2. The maximum absolute atomic E-state index is 14.1. The number of unbranched alkanes of at least 4 members (excludes halogenated alkanes) is 2. The molecule has 25 heteroatoms. The van der Waals surface area contributed by atoms with Crippen LogP contribution in [0.25, 0.3) is 0 Å². The minimum atomic E-state index is -1.96. The molecule has 0 saturated carbocycles. The Hall–Kier alpha value is -2.87. The summed E-state index contributed by atoms with van der Waals surface area (Å²) in [5.74, 6) is -2.58. The molecule has 9 N–H and O–H groups in total. The van der Waals surface area contributed by atoms with Crippen LogP contribution in [0.15, 0.2) is 23.3 Å². The van der Waals surface area contributed by atoms with Gasteiger partial charge >= 0.3 is 17.9 Å². The molecule has 6 fully saturated rings. The molecule has 0 amide bonds. The van der Waals surface area contributed by atoms with Crippen LogP contribution in [0, 0.1) is 0 Å². The number of carbonyl (C=O) groups is 3. The van der Waals surface area contributed by atoms with Crippen molar-refractivity contribution in [2.24, 2.45) is 0 Å². The summed E-state index contributed by atoms with van der Waals surface area (Å²) < 4.78 is 81.0. The van der Waals surface area contributed by atoms with Crippen molar-refractivity contribution in [3.8, 4) is 0 Å². The molecule has 2 bridgehead atoms. The van der Waals surface area contributed by atoms with Gasteiger partial charge in [0.15, 0.2) is 62.0 Å². The fourth-order valence-electron chi connectivity index (χ4n) is 10.6. The maximum atomic E-state index is 14.1. The van der Waals surface area contributed by atoms with E-state index in [1.165, 1.54) is 46.8 Å². The van der Waals surface area contributed by atoms with Gasteiger partial charge in [-0.3, -0.25) is 4.79 Å². The lowest BCUT2D eigenvalue weighted by atomic mass is 9.96. The number of ether oxygens (including phenoxy) is 13. The van der Waals surface area contributed by atoms with E-state index in [2.05, 4.69) is 6.92 Å². The number of hydrogen-bond donors (Lipinski definition) is 9. The van der Waals surface area contributed by atoms with E-state index in [1.807, 2.05) is 0 Å². The minimum absolute atomic E-state index is 0.121. The van der Waals surface area contributed by atoms with Crippen molar-refractivity contribution in [1.29, 1.82) is 0 Å². The van der Waals surface area contributed by atoms with E-state index < -0.39 is 184 Å². The zero-order valence-corrected chi connectivity index (χ0v) is 48.1. The zero-order valence-electron chi connectivity index (χ0n) is 48.1. The van der Waals surface area contributed by atoms with Gasteiger partial charge in [-0.25, -0.2) is 9.59 Å². The normalized spacial score (nSPS) is 43.9. The first kappa shape index (κ1) is 67.3. The van der Waals surface area contributed by atoms with Crippen molar-refractivity contribution in [2.75, 3.05) is 6.61 Å². The second-order valence-electron chi connectivity index (χ2n) is 22.3. The number of hydrogen-bond acceptors (Lipinski definition) is 25. The first-order chi connectivity index (χ1) is 38.5. The van der Waals surface area contributed by atoms with Gasteiger partial charge in [0.2, 0.25) is 0 Å². The van der Waals surface area contributed by atoms with Crippen molar-refractivity contribution in [2.45, 2.75) is 305 Å². The number of esters is 3. The van der Waals surface area contributed by atoms with Crippen LogP contribution < -0.4 is 0 Å². The third-order valence-corrected chi connectivity index (χ3v) is 16.2. The summed E-state index contributed by atoms with van der Waals surface area (Å²) in [6, 6.07) is 0. The fourth-order valence-corrected chi connectivity index (χ4v) is 10.6. The van der Waals surface area contributed by atoms with Crippen molar-refractivity contribution in [1.82, 2.24) is 0 Å². The third kappa shape index (κ3) is 17.2. The van der Waals surface area contributed by atoms with Crippen LogP contribution in [0.3, 0.4) is 0 Å². The van der Waals surface area contributed by atoms with Crippen molar-refractivity contribution in [3.05, 3.63) is 23.3 Å². The number of aliphatic hydroxyl groups excluding tert-OH is 9. The van der Waals surface area contributed by atoms with E-state index in [4.69, 9.17) is 61.6 Å². The highest BCUT2D eigenvalue weighted by Crippen LogP contribution is 2.38. The van der Waals surface area contributed by atoms with Crippen molar-refractivity contribution < 1.29 is 122 Å². The van der Waals surface area contributed by atoms with Crippen LogP contribution in [-0.4, -0.2) is 230 Å². The molecule has 0 unspecified atom stereocenters. The number of carbonyl (C=O) groups excluding carboxylic acids is 3. The summed E-state index contributed by atoms with van der Waals surface area (Å²) in [4.78, 5) is 40.8. The van der Waals surface area contributed by atoms with E-state index in [9.17, 15) is 60.3 Å². The Morgan fingerprint density at radius 1 is 0.519 bits per heavy atom. The Morgan fingerprint density at radius 3 is 1.70 bits per heavy atom. The molecule has 0 radical (unpaired) electrons. The Labute approximate surface area is 474 Å². The molecule has 6 heterocycles. The Bertz CT molecular complexity index is 2030. The molecule has 6 aliphatic heterocycles. The summed E-state index contributed by atoms with van der Waals surface area (Å²) in [6.45, 7) is 13.3. The molecule has 0 spiro atoms. The molecule has 0 aromatic heterocycles. The van der Waals surface area contributed by atoms with Crippen LogP contribution in [0.2, 0.25) is 0 Å². The largest absolute Gasteiger partial charge is 0.456 e. The Morgan fingerprint density at radius 2 is 1.06 bits per heavy atom. The summed E-state index contributed by atoms with van der Waals surface area (Å²) in [7, 11) is 0. The molecule has 26 atom stereocenters. The molecule has 466 valence electrons. The number of rotatable bonds is 15. The predicted molar refractivity (Wildman–Crippen MR) is 280 cm³/mol. The van der Waals surface area contributed by atoms with Crippen LogP contribution in [-0.2, 0) is 76.0 Å². The highest BCUT2D eigenvalue weighted by molar-refractivity contribution is 5.88. The zero-order chi connectivity index (χ0) is 59.4. The number of fused-ring (bicyclic) bond motifs is 3. The maximum Gasteiger partial charge on any atom is 0.333 e. The van der Waals surface area contributed by atoms with Gasteiger partial charge in [-0.15, -0.1) is 0 Å². The van der Waals surface area contributed by atoms with Gasteiger partial charge in [-0.1, -0.05) is 76.9 Å². The first-order valence-corrected chi connectivity index (χ1v) is 29.0. The van der Waals surface area contributed by atoms with Crippen LogP contribution >= 0.6 is 0 Å². The predicted octanol–water partition coefficient (Wildman–Crippen LogP) is 1.27. The van der Waals surface area contributed by atoms with E-state index in [-0.39, 0.29) is 17.6 Å². The SMILES string of the molecule is C/C=C(/C)C(=O)O[C@H]1[C@H](O)[C@@H](C)O[C@@H](OC[C@H]2O[C@H]3O[C@H]4[C@H](O[C@@H](CCCCC)CCCCCCCCCC(=O)O[C@@H]([C@@H]2O)[C@H]3O[C@@H]2O[C@@H](C)[C@H](O)[C@@H](O)[C@H]2OC(=O)/C(C)=C/C)O[C@H](C)[C@@H](O)[C@@H]4O)[C@@H]1O[C@@H]1O[C@@H](C)[C@H](O)[C@@H](O)[C@H]1O. The van der Waals surface area contributed by atoms with Gasteiger partial charge in [0.25, 0.3) is 0 Å². The second kappa shape index (κ2) is 31.5. The number of aliphatic hydroxyl groups is 9. The van der Waals surface area contributed by atoms with Crippen molar-refractivity contribution >= 4 is 17.9 Å². The van der Waals surface area contributed by atoms with Gasteiger partial charge in [-0.05, 0) is 74.7 Å². The fraction of sp³-hybridized carbons (Fsp3) is 0.875. The number of allylic oxidation sites excluding steroid dienone is 2. The average Bonchev–Trinajstić information content (AvgIpc) is 3.58. The van der Waals surface area contributed by atoms with Gasteiger partial charge in [0.1, 0.15) is 67.1 Å². The summed E-state index contributed by atoms with van der Waals surface area (Å²) in [6.07, 6.45) is -28.7. The Kier molecular flexibility index (Phi) is 26.2. The molecular formula is C56H92O25. The summed E-state index contributed by atoms with van der Waals surface area (Å²) in [5, 5.41) is 102. The van der Waals surface area contributed by atoms with E-state index in [1.54, 1.807) is 20.8 Å². The van der Waals surface area contributed by atoms with Gasteiger partial charge in [0.05, 0.1) is 37.1 Å². The highest BCUT2D eigenvalue weighted by Gasteiger charge is 2.58. The lowest BCUT2D eigenvalue weighted by Gasteiger charge is -2.50. The van der Waals surface area contributed by atoms with E-state index in [0.717, 1.165) is 51.4 Å².